The van der Waals surface area contributed by atoms with Crippen LogP contribution >= 0.6 is 12.4 Å². The molecule has 0 spiro atoms. The zero-order valence-corrected chi connectivity index (χ0v) is 12.0. The lowest BCUT2D eigenvalue weighted by molar-refractivity contribution is 0.415. The van der Waals surface area contributed by atoms with Gasteiger partial charge in [0.1, 0.15) is 5.75 Å². The van der Waals surface area contributed by atoms with Crippen LogP contribution in [0.4, 0.5) is 0 Å². The van der Waals surface area contributed by atoms with Gasteiger partial charge in [-0.2, -0.15) is 0 Å². The minimum Gasteiger partial charge on any atom is -0.497 e. The van der Waals surface area contributed by atoms with Crippen molar-refractivity contribution < 1.29 is 4.74 Å². The van der Waals surface area contributed by atoms with Crippen molar-refractivity contribution in [1.82, 2.24) is 0 Å². The highest BCUT2D eigenvalue weighted by molar-refractivity contribution is 5.85. The van der Waals surface area contributed by atoms with E-state index in [4.69, 9.17) is 16.2 Å². The van der Waals surface area contributed by atoms with Crippen LogP contribution in [0.2, 0.25) is 0 Å². The molecule has 0 saturated heterocycles. The van der Waals surface area contributed by atoms with Crippen molar-refractivity contribution in [3.8, 4) is 5.75 Å². The van der Waals surface area contributed by atoms with Crippen LogP contribution in [0.15, 0.2) is 36.4 Å². The summed E-state index contributed by atoms with van der Waals surface area (Å²) in [4.78, 5) is 0. The summed E-state index contributed by atoms with van der Waals surface area (Å²) in [6, 6.07) is 12.5. The number of benzene rings is 2. The molecule has 4 N–H and O–H groups in total. The van der Waals surface area contributed by atoms with Gasteiger partial charge in [-0.1, -0.05) is 18.2 Å². The Morgan fingerprint density at radius 2 is 1.79 bits per heavy atom. The molecule has 104 valence electrons. The van der Waals surface area contributed by atoms with E-state index in [1.807, 2.05) is 12.1 Å². The van der Waals surface area contributed by atoms with Crippen molar-refractivity contribution in [1.29, 1.82) is 0 Å². The SMILES string of the molecule is COc1ccc2cc([C@H](N)CCCN)ccc2c1.Cl. The molecule has 0 fully saturated rings. The summed E-state index contributed by atoms with van der Waals surface area (Å²) in [6.07, 6.45) is 1.89. The van der Waals surface area contributed by atoms with Crippen molar-refractivity contribution in [3.05, 3.63) is 42.0 Å². The molecule has 1 atom stereocenters. The maximum absolute atomic E-state index is 6.15. The van der Waals surface area contributed by atoms with Gasteiger partial charge in [-0.25, -0.2) is 0 Å². The quantitative estimate of drug-likeness (QED) is 0.885. The molecule has 19 heavy (non-hydrogen) atoms. The Morgan fingerprint density at radius 1 is 1.11 bits per heavy atom. The van der Waals surface area contributed by atoms with E-state index in [-0.39, 0.29) is 18.4 Å². The second-order valence-electron chi connectivity index (χ2n) is 4.51. The van der Waals surface area contributed by atoms with Gasteiger partial charge in [-0.3, -0.25) is 0 Å². The molecule has 0 unspecified atom stereocenters. The highest BCUT2D eigenvalue weighted by atomic mass is 35.5. The Labute approximate surface area is 120 Å². The second-order valence-corrected chi connectivity index (χ2v) is 4.51. The third kappa shape index (κ3) is 3.83. The third-order valence-electron chi connectivity index (χ3n) is 3.22. The van der Waals surface area contributed by atoms with Crippen LogP contribution in [0.5, 0.6) is 5.75 Å². The van der Waals surface area contributed by atoms with E-state index in [1.165, 1.54) is 16.3 Å². The molecular formula is C15H21ClN2O. The average Bonchev–Trinajstić information content (AvgIpc) is 2.43. The first kappa shape index (κ1) is 15.8. The lowest BCUT2D eigenvalue weighted by Gasteiger charge is -2.12. The molecule has 0 bridgehead atoms. The van der Waals surface area contributed by atoms with E-state index in [0.717, 1.165) is 18.6 Å². The zero-order valence-electron chi connectivity index (χ0n) is 11.1. The predicted octanol–water partition coefficient (Wildman–Crippen LogP) is 3.01. The van der Waals surface area contributed by atoms with Gasteiger partial charge in [0.15, 0.2) is 0 Å². The van der Waals surface area contributed by atoms with Gasteiger partial charge in [0.05, 0.1) is 7.11 Å². The minimum absolute atomic E-state index is 0. The van der Waals surface area contributed by atoms with E-state index in [9.17, 15) is 0 Å². The van der Waals surface area contributed by atoms with Gasteiger partial charge in [-0.15, -0.1) is 12.4 Å². The Kier molecular flexibility index (Phi) is 6.09. The maximum Gasteiger partial charge on any atom is 0.119 e. The van der Waals surface area contributed by atoms with E-state index in [0.29, 0.717) is 6.54 Å². The van der Waals surface area contributed by atoms with Gasteiger partial charge >= 0.3 is 0 Å². The lowest BCUT2D eigenvalue weighted by atomic mass is 9.99. The predicted molar refractivity (Wildman–Crippen MR) is 83.0 cm³/mol. The molecule has 0 amide bonds. The molecule has 0 saturated carbocycles. The second kappa shape index (κ2) is 7.34. The zero-order chi connectivity index (χ0) is 13.0. The first-order valence-corrected chi connectivity index (χ1v) is 6.28. The number of rotatable bonds is 5. The largest absolute Gasteiger partial charge is 0.497 e. The third-order valence-corrected chi connectivity index (χ3v) is 3.22. The van der Waals surface area contributed by atoms with Crippen LogP contribution in [0.25, 0.3) is 10.8 Å². The molecule has 0 aliphatic carbocycles. The van der Waals surface area contributed by atoms with E-state index in [2.05, 4.69) is 24.3 Å². The first-order chi connectivity index (χ1) is 8.74. The van der Waals surface area contributed by atoms with E-state index in [1.54, 1.807) is 7.11 Å². The topological polar surface area (TPSA) is 61.3 Å². The number of ether oxygens (including phenoxy) is 1. The summed E-state index contributed by atoms with van der Waals surface area (Å²) in [5, 5.41) is 2.36. The summed E-state index contributed by atoms with van der Waals surface area (Å²) < 4.78 is 5.21. The molecule has 0 aliphatic rings. The van der Waals surface area contributed by atoms with Crippen LogP contribution in [0.1, 0.15) is 24.4 Å². The van der Waals surface area contributed by atoms with Crippen LogP contribution in [-0.4, -0.2) is 13.7 Å². The van der Waals surface area contributed by atoms with Crippen molar-refractivity contribution in [2.24, 2.45) is 11.5 Å². The Hall–Kier alpha value is -1.29. The smallest absolute Gasteiger partial charge is 0.119 e. The molecule has 0 radical (unpaired) electrons. The molecule has 0 aromatic heterocycles. The first-order valence-electron chi connectivity index (χ1n) is 6.28. The minimum atomic E-state index is 0. The van der Waals surface area contributed by atoms with Crippen molar-refractivity contribution in [3.63, 3.8) is 0 Å². The molecule has 4 heteroatoms. The highest BCUT2D eigenvalue weighted by Crippen LogP contribution is 2.25. The Morgan fingerprint density at radius 3 is 2.47 bits per heavy atom. The molecule has 0 aliphatic heterocycles. The fraction of sp³-hybridized carbons (Fsp3) is 0.333. The molecule has 2 aromatic rings. The monoisotopic (exact) mass is 280 g/mol. The van der Waals surface area contributed by atoms with Gasteiger partial charge in [0.25, 0.3) is 0 Å². The maximum atomic E-state index is 6.15. The van der Waals surface area contributed by atoms with Crippen LogP contribution in [0.3, 0.4) is 0 Å². The standard InChI is InChI=1S/C15H20N2O.ClH/c1-18-14-7-6-11-9-13(5-4-12(11)10-14)15(17)3-2-8-16;/h4-7,9-10,15H,2-3,8,16-17H2,1H3;1H/t15-;/m1./s1. The Bertz CT molecular complexity index is 531. The summed E-state index contributed by atoms with van der Waals surface area (Å²) in [6.45, 7) is 0.693. The van der Waals surface area contributed by atoms with Crippen LogP contribution in [-0.2, 0) is 0 Å². The number of nitrogens with two attached hydrogens (primary N) is 2. The van der Waals surface area contributed by atoms with Crippen molar-refractivity contribution in [2.75, 3.05) is 13.7 Å². The highest BCUT2D eigenvalue weighted by Gasteiger charge is 2.06. The van der Waals surface area contributed by atoms with Gasteiger partial charge < -0.3 is 16.2 Å². The average molecular weight is 281 g/mol. The van der Waals surface area contributed by atoms with E-state index < -0.39 is 0 Å². The summed E-state index contributed by atoms with van der Waals surface area (Å²) in [5.74, 6) is 0.877. The summed E-state index contributed by atoms with van der Waals surface area (Å²) in [7, 11) is 1.68. The normalized spacial score (nSPS) is 11.9. The number of hydrogen-bond acceptors (Lipinski definition) is 3. The Balaban J connectivity index is 0.00000180. The number of fused-ring (bicyclic) bond motifs is 1. The van der Waals surface area contributed by atoms with Crippen molar-refractivity contribution in [2.45, 2.75) is 18.9 Å². The van der Waals surface area contributed by atoms with Gasteiger partial charge in [-0.05, 0) is 53.9 Å². The van der Waals surface area contributed by atoms with Crippen LogP contribution < -0.4 is 16.2 Å². The number of hydrogen-bond donors (Lipinski definition) is 2. The molecular weight excluding hydrogens is 260 g/mol. The fourth-order valence-corrected chi connectivity index (χ4v) is 2.10. The van der Waals surface area contributed by atoms with Gasteiger partial charge in [0, 0.05) is 6.04 Å². The molecule has 3 nitrogen and oxygen atoms in total. The number of halogens is 1. The molecule has 2 rings (SSSR count). The summed E-state index contributed by atoms with van der Waals surface area (Å²) in [5.41, 5.74) is 12.8. The summed E-state index contributed by atoms with van der Waals surface area (Å²) >= 11 is 0. The van der Waals surface area contributed by atoms with Gasteiger partial charge in [0.2, 0.25) is 0 Å². The van der Waals surface area contributed by atoms with Crippen molar-refractivity contribution >= 4 is 23.2 Å². The van der Waals surface area contributed by atoms with E-state index >= 15 is 0 Å². The lowest BCUT2D eigenvalue weighted by Crippen LogP contribution is -2.12. The van der Waals surface area contributed by atoms with Crippen LogP contribution in [0, 0.1) is 0 Å². The fourth-order valence-electron chi connectivity index (χ4n) is 2.10. The molecule has 0 heterocycles. The number of methoxy groups -OCH3 is 1. The molecule has 2 aromatic carbocycles.